The van der Waals surface area contributed by atoms with Crippen molar-refractivity contribution in [3.8, 4) is 0 Å². The van der Waals surface area contributed by atoms with Gasteiger partial charge in [0, 0.05) is 61.2 Å². The van der Waals surface area contributed by atoms with Gasteiger partial charge in [0.1, 0.15) is 0 Å². The Kier molecular flexibility index (Phi) is 8.27. The molecule has 2 aromatic rings. The molecule has 0 spiro atoms. The number of nitrogens with two attached hydrogens (primary N) is 1. The summed E-state index contributed by atoms with van der Waals surface area (Å²) in [4.78, 5) is 13.7. The third kappa shape index (κ3) is 7.18. The molecule has 2 aromatic carbocycles. The van der Waals surface area contributed by atoms with Crippen LogP contribution in [0, 0.1) is 10.1 Å². The van der Waals surface area contributed by atoms with E-state index in [-0.39, 0.29) is 6.04 Å². The van der Waals surface area contributed by atoms with Crippen molar-refractivity contribution in [2.45, 2.75) is 22.3 Å². The number of hydrogen-bond donors (Lipinski definition) is 3. The fourth-order valence-corrected chi connectivity index (χ4v) is 5.09. The first-order chi connectivity index (χ1) is 14.8. The standard InChI is InChI=1S/C20H27N5O4S2/c21-31(28,29)20-7-6-16(14-19(20)25(26)27)23-17(8-11-24-12-9-22-10-13-24)15-30-18-4-2-1-3-5-18/h1-7,14,17,22-23H,8-13,15H2,(H2,21,28,29)/t17-/m1/s1. The van der Waals surface area contributed by atoms with Crippen LogP contribution in [0.2, 0.25) is 0 Å². The smallest absolute Gasteiger partial charge is 0.291 e. The van der Waals surface area contributed by atoms with Crippen molar-refractivity contribution in [1.29, 1.82) is 0 Å². The van der Waals surface area contributed by atoms with Crippen LogP contribution in [0.4, 0.5) is 11.4 Å². The van der Waals surface area contributed by atoms with Gasteiger partial charge in [0.05, 0.1) is 4.92 Å². The Morgan fingerprint density at radius 3 is 2.55 bits per heavy atom. The highest BCUT2D eigenvalue weighted by atomic mass is 32.2. The van der Waals surface area contributed by atoms with Crippen LogP contribution in [0.3, 0.4) is 0 Å². The highest BCUT2D eigenvalue weighted by Crippen LogP contribution is 2.28. The summed E-state index contributed by atoms with van der Waals surface area (Å²) < 4.78 is 23.3. The topological polar surface area (TPSA) is 131 Å². The van der Waals surface area contributed by atoms with Crippen LogP contribution in [0.1, 0.15) is 6.42 Å². The van der Waals surface area contributed by atoms with E-state index in [2.05, 4.69) is 15.5 Å². The zero-order valence-corrected chi connectivity index (χ0v) is 18.7. The zero-order valence-electron chi connectivity index (χ0n) is 17.1. The molecule has 1 aliphatic rings. The molecule has 4 N–H and O–H groups in total. The number of hydrogen-bond acceptors (Lipinski definition) is 8. The highest BCUT2D eigenvalue weighted by Gasteiger charge is 2.24. The van der Waals surface area contributed by atoms with Gasteiger partial charge in [-0.05, 0) is 30.7 Å². The van der Waals surface area contributed by atoms with E-state index in [1.165, 1.54) is 18.2 Å². The molecule has 1 atom stereocenters. The lowest BCUT2D eigenvalue weighted by Gasteiger charge is -2.29. The monoisotopic (exact) mass is 465 g/mol. The van der Waals surface area contributed by atoms with Gasteiger partial charge in [0.2, 0.25) is 10.0 Å². The normalized spacial score (nSPS) is 16.0. The van der Waals surface area contributed by atoms with E-state index in [0.717, 1.165) is 49.8 Å². The van der Waals surface area contributed by atoms with Crippen molar-refractivity contribution in [1.82, 2.24) is 10.2 Å². The summed E-state index contributed by atoms with van der Waals surface area (Å²) >= 11 is 1.71. The molecule has 1 fully saturated rings. The Bertz CT molecular complexity index is 982. The lowest BCUT2D eigenvalue weighted by atomic mass is 10.2. The van der Waals surface area contributed by atoms with E-state index in [1.807, 2.05) is 30.3 Å². The summed E-state index contributed by atoms with van der Waals surface area (Å²) in [7, 11) is -4.18. The molecule has 1 aliphatic heterocycles. The van der Waals surface area contributed by atoms with Gasteiger partial charge < -0.3 is 15.5 Å². The average Bonchev–Trinajstić information content (AvgIpc) is 2.76. The summed E-state index contributed by atoms with van der Waals surface area (Å²) in [5, 5.41) is 23.2. The second-order valence-corrected chi connectivity index (χ2v) is 9.95. The molecular weight excluding hydrogens is 438 g/mol. The summed E-state index contributed by atoms with van der Waals surface area (Å²) in [6.45, 7) is 4.84. The molecule has 0 unspecified atom stereocenters. The maximum atomic E-state index is 11.7. The lowest BCUT2D eigenvalue weighted by molar-refractivity contribution is -0.387. The quantitative estimate of drug-likeness (QED) is 0.276. The third-order valence-corrected chi connectivity index (χ3v) is 7.16. The first-order valence-electron chi connectivity index (χ1n) is 10.0. The van der Waals surface area contributed by atoms with Crippen LogP contribution in [0.15, 0.2) is 58.3 Å². The van der Waals surface area contributed by atoms with E-state index in [0.29, 0.717) is 5.69 Å². The minimum atomic E-state index is -4.18. The van der Waals surface area contributed by atoms with Gasteiger partial charge >= 0.3 is 0 Å². The Labute approximate surface area is 186 Å². The minimum Gasteiger partial charge on any atom is -0.381 e. The number of anilines is 1. The molecular formula is C20H27N5O4S2. The summed E-state index contributed by atoms with van der Waals surface area (Å²) in [5.41, 5.74) is -0.0258. The highest BCUT2D eigenvalue weighted by molar-refractivity contribution is 7.99. The van der Waals surface area contributed by atoms with Crippen LogP contribution in [0.25, 0.3) is 0 Å². The van der Waals surface area contributed by atoms with Gasteiger partial charge in [0.15, 0.2) is 4.90 Å². The molecule has 0 aliphatic carbocycles. The largest absolute Gasteiger partial charge is 0.381 e. The molecule has 0 saturated carbocycles. The molecule has 31 heavy (non-hydrogen) atoms. The van der Waals surface area contributed by atoms with E-state index >= 15 is 0 Å². The fraction of sp³-hybridized carbons (Fsp3) is 0.400. The Morgan fingerprint density at radius 2 is 1.90 bits per heavy atom. The van der Waals surface area contributed by atoms with Gasteiger partial charge in [-0.15, -0.1) is 11.8 Å². The maximum absolute atomic E-state index is 11.7. The summed E-state index contributed by atoms with van der Waals surface area (Å²) in [6.07, 6.45) is 0.852. The second-order valence-electron chi connectivity index (χ2n) is 7.33. The van der Waals surface area contributed by atoms with Gasteiger partial charge in [-0.25, -0.2) is 13.6 Å². The molecule has 168 valence electrons. The van der Waals surface area contributed by atoms with Crippen molar-refractivity contribution >= 4 is 33.2 Å². The number of nitro benzene ring substituents is 1. The predicted octanol–water partition coefficient (Wildman–Crippen LogP) is 2.11. The molecule has 9 nitrogen and oxygen atoms in total. The molecule has 1 saturated heterocycles. The van der Waals surface area contributed by atoms with Crippen molar-refractivity contribution in [3.05, 3.63) is 58.6 Å². The van der Waals surface area contributed by atoms with Gasteiger partial charge in [-0.1, -0.05) is 18.2 Å². The van der Waals surface area contributed by atoms with Crippen LogP contribution < -0.4 is 15.8 Å². The molecule has 0 amide bonds. The van der Waals surface area contributed by atoms with E-state index in [9.17, 15) is 18.5 Å². The average molecular weight is 466 g/mol. The molecule has 1 heterocycles. The van der Waals surface area contributed by atoms with Crippen molar-refractivity contribution in [2.24, 2.45) is 5.14 Å². The lowest BCUT2D eigenvalue weighted by Crippen LogP contribution is -2.44. The molecule has 3 rings (SSSR count). The Hall–Kier alpha value is -2.18. The zero-order chi connectivity index (χ0) is 22.3. The number of piperazine rings is 1. The Morgan fingerprint density at radius 1 is 1.19 bits per heavy atom. The summed E-state index contributed by atoms with van der Waals surface area (Å²) in [5.74, 6) is 0.765. The number of thioether (sulfide) groups is 1. The number of benzene rings is 2. The van der Waals surface area contributed by atoms with E-state index in [4.69, 9.17) is 5.14 Å². The van der Waals surface area contributed by atoms with Gasteiger partial charge in [-0.2, -0.15) is 0 Å². The number of nitro groups is 1. The van der Waals surface area contributed by atoms with Gasteiger partial charge in [-0.3, -0.25) is 10.1 Å². The van der Waals surface area contributed by atoms with Crippen LogP contribution >= 0.6 is 11.8 Å². The first-order valence-corrected chi connectivity index (χ1v) is 12.5. The molecule has 0 radical (unpaired) electrons. The molecule has 11 heteroatoms. The number of nitrogens with one attached hydrogen (secondary N) is 2. The number of rotatable bonds is 10. The summed E-state index contributed by atoms with van der Waals surface area (Å²) in [6, 6.07) is 14.0. The molecule has 0 bridgehead atoms. The Balaban J connectivity index is 1.74. The maximum Gasteiger partial charge on any atom is 0.291 e. The van der Waals surface area contributed by atoms with E-state index < -0.39 is 25.5 Å². The SMILES string of the molecule is NS(=O)(=O)c1ccc(N[C@H](CCN2CCNCC2)CSc2ccccc2)cc1[N+](=O)[O-]. The third-order valence-electron chi connectivity index (χ3n) is 5.03. The van der Waals surface area contributed by atoms with Crippen LogP contribution in [-0.2, 0) is 10.0 Å². The van der Waals surface area contributed by atoms with E-state index in [1.54, 1.807) is 11.8 Å². The molecule has 0 aromatic heterocycles. The van der Waals surface area contributed by atoms with Crippen molar-refractivity contribution in [2.75, 3.05) is 43.8 Å². The predicted molar refractivity (Wildman–Crippen MR) is 123 cm³/mol. The van der Waals surface area contributed by atoms with Gasteiger partial charge in [0.25, 0.3) is 5.69 Å². The van der Waals surface area contributed by atoms with Crippen molar-refractivity contribution < 1.29 is 13.3 Å². The van der Waals surface area contributed by atoms with Crippen LogP contribution in [0.5, 0.6) is 0 Å². The van der Waals surface area contributed by atoms with Crippen molar-refractivity contribution in [3.63, 3.8) is 0 Å². The first kappa shape index (κ1) is 23.5. The number of sulfonamides is 1. The minimum absolute atomic E-state index is 0.0417. The number of primary sulfonamides is 1. The number of nitrogens with zero attached hydrogens (tertiary/aromatic N) is 2. The van der Waals surface area contributed by atoms with Crippen LogP contribution in [-0.4, -0.2) is 62.8 Å². The second kappa shape index (κ2) is 10.9. The fourth-order valence-electron chi connectivity index (χ4n) is 3.41.